The molecule has 0 saturated heterocycles. The van der Waals surface area contributed by atoms with Crippen molar-refractivity contribution < 1.29 is 8.39 Å². The largest absolute Gasteiger partial charge is 0.294 e. The molecule has 3 heteroatoms. The zero-order valence-electron chi connectivity index (χ0n) is 7.54. The lowest BCUT2D eigenvalue weighted by atomic mass is 9.95. The van der Waals surface area contributed by atoms with E-state index in [1.165, 1.54) is 44.8 Å². The highest BCUT2D eigenvalue weighted by Gasteiger charge is 2.05. The van der Waals surface area contributed by atoms with Crippen LogP contribution in [-0.4, -0.2) is 17.1 Å². The highest BCUT2D eigenvalue weighted by atomic mass is 32.2. The first-order chi connectivity index (χ1) is 5.83. The molecular weight excluding hydrogens is 172 g/mol. The fourth-order valence-corrected chi connectivity index (χ4v) is 1.97. The van der Waals surface area contributed by atoms with Crippen LogP contribution in [0.2, 0.25) is 0 Å². The Bertz CT molecular complexity index is 179. The number of hydrogen-bond acceptors (Lipinski definition) is 2. The van der Waals surface area contributed by atoms with Gasteiger partial charge >= 0.3 is 0 Å². The van der Waals surface area contributed by atoms with Crippen LogP contribution >= 0.6 is 0 Å². The molecule has 1 aliphatic carbocycles. The third-order valence-corrected chi connectivity index (χ3v) is 3.00. The lowest BCUT2D eigenvalue weighted by Gasteiger charge is -2.12. The molecule has 0 aromatic rings. The van der Waals surface area contributed by atoms with Crippen LogP contribution in [0.5, 0.6) is 0 Å². The summed E-state index contributed by atoms with van der Waals surface area (Å²) in [5, 5.41) is 0. The Morgan fingerprint density at radius 3 is 2.67 bits per heavy atom. The van der Waals surface area contributed by atoms with E-state index in [9.17, 15) is 4.21 Å². The van der Waals surface area contributed by atoms with Crippen LogP contribution in [0.25, 0.3) is 0 Å². The molecule has 0 radical (unpaired) electrons. The molecule has 70 valence electrons. The molecule has 0 bridgehead atoms. The monoisotopic (exact) mass is 188 g/mol. The van der Waals surface area contributed by atoms with E-state index in [2.05, 4.69) is 10.3 Å². The molecular formula is C9H16O2S. The molecule has 1 unspecified atom stereocenters. The number of rotatable bonds is 3. The van der Waals surface area contributed by atoms with Crippen LogP contribution in [0.15, 0.2) is 11.6 Å². The van der Waals surface area contributed by atoms with Crippen LogP contribution in [0.3, 0.4) is 0 Å². The minimum Gasteiger partial charge on any atom is -0.294 e. The van der Waals surface area contributed by atoms with Crippen molar-refractivity contribution in [3.63, 3.8) is 0 Å². The Balaban J connectivity index is 2.29. The van der Waals surface area contributed by atoms with Crippen molar-refractivity contribution >= 4 is 11.1 Å². The molecule has 0 amide bonds. The third-order valence-electron chi connectivity index (χ3n) is 2.19. The van der Waals surface area contributed by atoms with E-state index in [1.807, 2.05) is 0 Å². The predicted octanol–water partition coefficient (Wildman–Crippen LogP) is 2.19. The van der Waals surface area contributed by atoms with Gasteiger partial charge in [0, 0.05) is 0 Å². The summed E-state index contributed by atoms with van der Waals surface area (Å²) in [6, 6.07) is 0. The molecule has 1 saturated carbocycles. The maximum Gasteiger partial charge on any atom is 0.159 e. The van der Waals surface area contributed by atoms with Crippen molar-refractivity contribution in [1.29, 1.82) is 0 Å². The van der Waals surface area contributed by atoms with Gasteiger partial charge in [-0.2, -0.15) is 0 Å². The molecule has 0 aromatic carbocycles. The molecule has 2 nitrogen and oxygen atoms in total. The Morgan fingerprint density at radius 2 is 2.08 bits per heavy atom. The van der Waals surface area contributed by atoms with Gasteiger partial charge in [-0.15, -0.1) is 0 Å². The van der Waals surface area contributed by atoms with Gasteiger partial charge in [0.15, 0.2) is 11.1 Å². The standard InChI is InChI=1S/C9H16O2S/c1-11-12(10)8-7-9-5-3-2-4-6-9/h7H,2-6,8H2,1H3. The van der Waals surface area contributed by atoms with Crippen molar-refractivity contribution in [2.75, 3.05) is 12.9 Å². The Kier molecular flexibility index (Phi) is 4.54. The molecule has 1 fully saturated rings. The Hall–Kier alpha value is -0.150. The summed E-state index contributed by atoms with van der Waals surface area (Å²) in [4.78, 5) is 0. The summed E-state index contributed by atoms with van der Waals surface area (Å²) in [5.74, 6) is 0.561. The van der Waals surface area contributed by atoms with E-state index in [-0.39, 0.29) is 0 Å². The first-order valence-electron chi connectivity index (χ1n) is 4.43. The Morgan fingerprint density at radius 1 is 1.42 bits per heavy atom. The fourth-order valence-electron chi connectivity index (χ4n) is 1.46. The normalized spacial score (nSPS) is 20.6. The summed E-state index contributed by atoms with van der Waals surface area (Å²) in [6.07, 6.45) is 8.42. The summed E-state index contributed by atoms with van der Waals surface area (Å²) in [7, 11) is 1.48. The second-order valence-corrected chi connectivity index (χ2v) is 4.33. The van der Waals surface area contributed by atoms with Gasteiger partial charge in [0.25, 0.3) is 0 Å². The third kappa shape index (κ3) is 3.50. The summed E-state index contributed by atoms with van der Waals surface area (Å²) < 4.78 is 15.6. The van der Waals surface area contributed by atoms with Crippen LogP contribution < -0.4 is 0 Å². The molecule has 0 spiro atoms. The van der Waals surface area contributed by atoms with Gasteiger partial charge in [0.1, 0.15) is 0 Å². The molecule has 0 aromatic heterocycles. The quantitative estimate of drug-likeness (QED) is 0.635. The average molecular weight is 188 g/mol. The van der Waals surface area contributed by atoms with Gasteiger partial charge in [-0.3, -0.25) is 4.18 Å². The van der Waals surface area contributed by atoms with Gasteiger partial charge in [-0.25, -0.2) is 4.21 Å². The summed E-state index contributed by atoms with van der Waals surface area (Å²) in [6.45, 7) is 0. The van der Waals surface area contributed by atoms with Crippen molar-refractivity contribution in [3.05, 3.63) is 11.6 Å². The van der Waals surface area contributed by atoms with E-state index in [4.69, 9.17) is 0 Å². The van der Waals surface area contributed by atoms with E-state index >= 15 is 0 Å². The van der Waals surface area contributed by atoms with Crippen molar-refractivity contribution in [2.24, 2.45) is 0 Å². The zero-order valence-corrected chi connectivity index (χ0v) is 8.36. The average Bonchev–Trinajstić information content (AvgIpc) is 2.16. The second kappa shape index (κ2) is 5.49. The van der Waals surface area contributed by atoms with Crippen molar-refractivity contribution in [1.82, 2.24) is 0 Å². The van der Waals surface area contributed by atoms with Gasteiger partial charge in [-0.1, -0.05) is 18.1 Å². The number of hydrogen-bond donors (Lipinski definition) is 0. The Labute approximate surface area is 76.7 Å². The first-order valence-corrected chi connectivity index (χ1v) is 5.68. The van der Waals surface area contributed by atoms with E-state index in [1.54, 1.807) is 0 Å². The molecule has 1 atom stereocenters. The van der Waals surface area contributed by atoms with Gasteiger partial charge in [0.05, 0.1) is 12.9 Å². The lowest BCUT2D eigenvalue weighted by molar-refractivity contribution is 0.447. The highest BCUT2D eigenvalue weighted by molar-refractivity contribution is 7.80. The van der Waals surface area contributed by atoms with Gasteiger partial charge in [-0.05, 0) is 25.7 Å². The van der Waals surface area contributed by atoms with Crippen LogP contribution in [0.4, 0.5) is 0 Å². The minimum absolute atomic E-state index is 0.561. The second-order valence-electron chi connectivity index (χ2n) is 3.06. The van der Waals surface area contributed by atoms with E-state index < -0.39 is 11.1 Å². The molecule has 0 heterocycles. The van der Waals surface area contributed by atoms with Gasteiger partial charge < -0.3 is 0 Å². The SMILES string of the molecule is COS(=O)CC=C1CCCCC1. The van der Waals surface area contributed by atoms with E-state index in [0.717, 1.165) is 0 Å². The molecule has 1 rings (SSSR count). The molecule has 12 heavy (non-hydrogen) atoms. The van der Waals surface area contributed by atoms with Gasteiger partial charge in [0.2, 0.25) is 0 Å². The molecule has 1 aliphatic rings. The number of allylic oxidation sites excluding steroid dienone is 1. The smallest absolute Gasteiger partial charge is 0.159 e. The van der Waals surface area contributed by atoms with Crippen LogP contribution in [-0.2, 0) is 15.3 Å². The molecule has 0 N–H and O–H groups in total. The fraction of sp³-hybridized carbons (Fsp3) is 0.778. The highest BCUT2D eigenvalue weighted by Crippen LogP contribution is 2.22. The van der Waals surface area contributed by atoms with Crippen LogP contribution in [0.1, 0.15) is 32.1 Å². The predicted molar refractivity (Wildman–Crippen MR) is 51.2 cm³/mol. The maximum absolute atomic E-state index is 10.9. The lowest BCUT2D eigenvalue weighted by Crippen LogP contribution is -1.99. The topological polar surface area (TPSA) is 26.3 Å². The zero-order chi connectivity index (χ0) is 8.81. The summed E-state index contributed by atoms with van der Waals surface area (Å²) >= 11 is -1.11. The van der Waals surface area contributed by atoms with Crippen molar-refractivity contribution in [3.8, 4) is 0 Å². The van der Waals surface area contributed by atoms with E-state index in [0.29, 0.717) is 5.75 Å². The molecule has 0 aliphatic heterocycles. The summed E-state index contributed by atoms with van der Waals surface area (Å²) in [5.41, 5.74) is 1.46. The maximum atomic E-state index is 10.9. The minimum atomic E-state index is -1.11. The first kappa shape index (κ1) is 9.93. The van der Waals surface area contributed by atoms with Crippen molar-refractivity contribution in [2.45, 2.75) is 32.1 Å². The van der Waals surface area contributed by atoms with Crippen LogP contribution in [0, 0.1) is 0 Å².